The molecule has 0 aromatic heterocycles. The van der Waals surface area contributed by atoms with Gasteiger partial charge in [0, 0.05) is 6.04 Å². The average Bonchev–Trinajstić information content (AvgIpc) is 3.20. The molecule has 116 valence electrons. The smallest absolute Gasteiger partial charge is 0.246 e. The molecule has 0 aromatic carbocycles. The van der Waals surface area contributed by atoms with E-state index in [0.29, 0.717) is 12.0 Å². The number of carbonyl (C=O) groups is 2. The van der Waals surface area contributed by atoms with Crippen LogP contribution in [0.3, 0.4) is 0 Å². The molecule has 3 aliphatic carbocycles. The highest BCUT2D eigenvalue weighted by Crippen LogP contribution is 2.44. The molecular weight excluding hydrogens is 264 g/mol. The molecule has 1 aliphatic heterocycles. The van der Waals surface area contributed by atoms with Gasteiger partial charge in [-0.25, -0.2) is 0 Å². The first-order valence-corrected chi connectivity index (χ1v) is 8.86. The fourth-order valence-corrected chi connectivity index (χ4v) is 4.85. The molecule has 2 amide bonds. The average molecular weight is 290 g/mol. The summed E-state index contributed by atoms with van der Waals surface area (Å²) in [5.74, 6) is 0.808. The second-order valence-electron chi connectivity index (χ2n) is 7.53. The Balaban J connectivity index is 1.69. The van der Waals surface area contributed by atoms with Gasteiger partial charge in [0.15, 0.2) is 0 Å². The van der Waals surface area contributed by atoms with Crippen LogP contribution in [-0.2, 0) is 9.59 Å². The Morgan fingerprint density at radius 2 is 1.57 bits per heavy atom. The summed E-state index contributed by atoms with van der Waals surface area (Å²) in [6, 6.07) is 0.105. The fourth-order valence-electron chi connectivity index (χ4n) is 4.85. The summed E-state index contributed by atoms with van der Waals surface area (Å²) in [5.41, 5.74) is -0.504. The molecular formula is C17H26N2O2. The molecule has 4 nitrogen and oxygen atoms in total. The van der Waals surface area contributed by atoms with E-state index >= 15 is 0 Å². The standard InChI is InChI=1S/C17H26N2O2/c20-15-14(12-8-9-12)18-16(21)17(10-4-1-5-11-17)19(15)13-6-2-3-7-13/h12-14H,1-11H2,(H,18,21). The lowest BCUT2D eigenvalue weighted by atomic mass is 9.76. The van der Waals surface area contributed by atoms with Crippen LogP contribution in [0, 0.1) is 5.92 Å². The van der Waals surface area contributed by atoms with Gasteiger partial charge in [-0.2, -0.15) is 0 Å². The van der Waals surface area contributed by atoms with E-state index in [2.05, 4.69) is 10.2 Å². The van der Waals surface area contributed by atoms with Crippen LogP contribution in [0.5, 0.6) is 0 Å². The molecule has 1 spiro atoms. The van der Waals surface area contributed by atoms with Gasteiger partial charge in [-0.3, -0.25) is 9.59 Å². The zero-order valence-electron chi connectivity index (χ0n) is 12.8. The number of amides is 2. The third-order valence-electron chi connectivity index (χ3n) is 6.14. The molecule has 21 heavy (non-hydrogen) atoms. The Bertz CT molecular complexity index is 446. The van der Waals surface area contributed by atoms with Crippen molar-refractivity contribution in [2.24, 2.45) is 5.92 Å². The van der Waals surface area contributed by atoms with E-state index in [0.717, 1.165) is 51.4 Å². The van der Waals surface area contributed by atoms with E-state index in [9.17, 15) is 9.59 Å². The molecule has 1 N–H and O–H groups in total. The maximum Gasteiger partial charge on any atom is 0.246 e. The molecule has 1 atom stereocenters. The van der Waals surface area contributed by atoms with Crippen molar-refractivity contribution in [2.45, 2.75) is 88.3 Å². The zero-order chi connectivity index (χ0) is 14.4. The van der Waals surface area contributed by atoms with Gasteiger partial charge < -0.3 is 10.2 Å². The van der Waals surface area contributed by atoms with Gasteiger partial charge in [0.05, 0.1) is 0 Å². The predicted molar refractivity (Wildman–Crippen MR) is 79.6 cm³/mol. The van der Waals surface area contributed by atoms with Crippen molar-refractivity contribution in [3.63, 3.8) is 0 Å². The highest BCUT2D eigenvalue weighted by Gasteiger charge is 2.57. The Morgan fingerprint density at radius 3 is 2.19 bits per heavy atom. The van der Waals surface area contributed by atoms with Crippen molar-refractivity contribution in [3.05, 3.63) is 0 Å². The van der Waals surface area contributed by atoms with Gasteiger partial charge >= 0.3 is 0 Å². The summed E-state index contributed by atoms with van der Waals surface area (Å²) in [7, 11) is 0. The van der Waals surface area contributed by atoms with E-state index in [1.54, 1.807) is 0 Å². The van der Waals surface area contributed by atoms with Gasteiger partial charge in [0.2, 0.25) is 11.8 Å². The molecule has 4 aliphatic rings. The Kier molecular flexibility index (Phi) is 3.23. The first-order valence-electron chi connectivity index (χ1n) is 8.86. The highest BCUT2D eigenvalue weighted by atomic mass is 16.2. The topological polar surface area (TPSA) is 49.4 Å². The lowest BCUT2D eigenvalue weighted by Gasteiger charge is -2.52. The molecule has 4 heteroatoms. The van der Waals surface area contributed by atoms with Crippen molar-refractivity contribution < 1.29 is 9.59 Å². The molecule has 4 fully saturated rings. The summed E-state index contributed by atoms with van der Waals surface area (Å²) in [4.78, 5) is 28.1. The molecule has 0 bridgehead atoms. The number of nitrogens with one attached hydrogen (secondary N) is 1. The van der Waals surface area contributed by atoms with E-state index in [4.69, 9.17) is 0 Å². The largest absolute Gasteiger partial charge is 0.342 e. The van der Waals surface area contributed by atoms with Crippen LogP contribution >= 0.6 is 0 Å². The van der Waals surface area contributed by atoms with Crippen LogP contribution in [-0.4, -0.2) is 34.3 Å². The third kappa shape index (κ3) is 2.09. The van der Waals surface area contributed by atoms with Crippen molar-refractivity contribution in [1.82, 2.24) is 10.2 Å². The minimum absolute atomic E-state index is 0.158. The number of carbonyl (C=O) groups excluding carboxylic acids is 2. The predicted octanol–water partition coefficient (Wildman–Crippen LogP) is 2.37. The molecule has 1 unspecified atom stereocenters. The van der Waals surface area contributed by atoms with Crippen LogP contribution < -0.4 is 5.32 Å². The Hall–Kier alpha value is -1.06. The van der Waals surface area contributed by atoms with Crippen molar-refractivity contribution in [3.8, 4) is 0 Å². The Morgan fingerprint density at radius 1 is 0.905 bits per heavy atom. The number of hydrogen-bond acceptors (Lipinski definition) is 2. The third-order valence-corrected chi connectivity index (χ3v) is 6.14. The number of rotatable bonds is 2. The molecule has 4 rings (SSSR count). The number of piperazine rings is 1. The number of hydrogen-bond donors (Lipinski definition) is 1. The Labute approximate surface area is 126 Å². The molecule has 0 aromatic rings. The summed E-state index contributed by atoms with van der Waals surface area (Å²) in [6.07, 6.45) is 11.9. The van der Waals surface area contributed by atoms with Crippen molar-refractivity contribution in [1.29, 1.82) is 0 Å². The second-order valence-corrected chi connectivity index (χ2v) is 7.53. The van der Waals surface area contributed by atoms with Gasteiger partial charge in [-0.15, -0.1) is 0 Å². The van der Waals surface area contributed by atoms with E-state index in [-0.39, 0.29) is 17.9 Å². The van der Waals surface area contributed by atoms with Gasteiger partial charge in [0.1, 0.15) is 11.6 Å². The maximum atomic E-state index is 13.1. The summed E-state index contributed by atoms with van der Waals surface area (Å²) in [5, 5.41) is 3.11. The van der Waals surface area contributed by atoms with Crippen LogP contribution in [0.15, 0.2) is 0 Å². The molecule has 1 saturated heterocycles. The summed E-state index contributed by atoms with van der Waals surface area (Å²) in [6.45, 7) is 0. The first kappa shape index (κ1) is 13.6. The first-order chi connectivity index (χ1) is 10.2. The lowest BCUT2D eigenvalue weighted by Crippen LogP contribution is -2.73. The number of nitrogens with zero attached hydrogens (tertiary/aromatic N) is 1. The molecule has 3 saturated carbocycles. The van der Waals surface area contributed by atoms with Crippen LogP contribution in [0.1, 0.15) is 70.6 Å². The van der Waals surface area contributed by atoms with Gasteiger partial charge in [-0.1, -0.05) is 32.1 Å². The van der Waals surface area contributed by atoms with Crippen LogP contribution in [0.25, 0.3) is 0 Å². The van der Waals surface area contributed by atoms with Crippen molar-refractivity contribution >= 4 is 11.8 Å². The SMILES string of the molecule is O=C1C(C2CC2)NC(=O)C2(CCCCC2)N1C1CCCC1. The van der Waals surface area contributed by atoms with Crippen LogP contribution in [0.2, 0.25) is 0 Å². The van der Waals surface area contributed by atoms with E-state index in [1.807, 2.05) is 0 Å². The van der Waals surface area contributed by atoms with Crippen molar-refractivity contribution in [2.75, 3.05) is 0 Å². The minimum atomic E-state index is -0.504. The quantitative estimate of drug-likeness (QED) is 0.849. The lowest BCUT2D eigenvalue weighted by molar-refractivity contribution is -0.164. The maximum absolute atomic E-state index is 13.1. The summed E-state index contributed by atoms with van der Waals surface area (Å²) < 4.78 is 0. The minimum Gasteiger partial charge on any atom is -0.342 e. The van der Waals surface area contributed by atoms with Gasteiger partial charge in [0.25, 0.3) is 0 Å². The van der Waals surface area contributed by atoms with Crippen LogP contribution in [0.4, 0.5) is 0 Å². The van der Waals surface area contributed by atoms with Gasteiger partial charge in [-0.05, 0) is 44.4 Å². The monoisotopic (exact) mass is 290 g/mol. The molecule has 0 radical (unpaired) electrons. The van der Waals surface area contributed by atoms with E-state index < -0.39 is 5.54 Å². The fraction of sp³-hybridized carbons (Fsp3) is 0.882. The molecule has 1 heterocycles. The highest BCUT2D eigenvalue weighted by molar-refractivity contribution is 6.00. The normalized spacial score (nSPS) is 33.5. The summed E-state index contributed by atoms with van der Waals surface area (Å²) >= 11 is 0. The second kappa shape index (κ2) is 4.99. The zero-order valence-corrected chi connectivity index (χ0v) is 12.8. The van der Waals surface area contributed by atoms with E-state index in [1.165, 1.54) is 19.3 Å².